The lowest BCUT2D eigenvalue weighted by Gasteiger charge is -2.12. The highest BCUT2D eigenvalue weighted by molar-refractivity contribution is 7.92. The molecule has 0 aliphatic carbocycles. The number of aromatic nitrogens is 3. The van der Waals surface area contributed by atoms with Crippen LogP contribution < -0.4 is 4.72 Å². The second-order valence-corrected chi connectivity index (χ2v) is 9.28. The SMILES string of the molecule is O=C(c1c(F)ccc(NS(=O)(=O)c2ccccc2)c1F)c1c[nH]c2ncc(-c3cccnc3)cc12. The van der Waals surface area contributed by atoms with Gasteiger partial charge in [-0.1, -0.05) is 24.3 Å². The molecule has 3 heterocycles. The van der Waals surface area contributed by atoms with Crippen molar-refractivity contribution in [2.24, 2.45) is 0 Å². The molecule has 0 aliphatic rings. The lowest BCUT2D eigenvalue weighted by Crippen LogP contribution is -2.16. The number of hydrogen-bond donors (Lipinski definition) is 2. The summed E-state index contributed by atoms with van der Waals surface area (Å²) in [5.74, 6) is -3.40. The van der Waals surface area contributed by atoms with Crippen molar-refractivity contribution in [2.45, 2.75) is 4.90 Å². The molecule has 3 aromatic heterocycles. The fraction of sp³-hybridized carbons (Fsp3) is 0. The molecule has 0 aliphatic heterocycles. The maximum atomic E-state index is 15.3. The Morgan fingerprint density at radius 3 is 2.49 bits per heavy atom. The minimum absolute atomic E-state index is 0.0147. The van der Waals surface area contributed by atoms with Crippen molar-refractivity contribution in [3.63, 3.8) is 0 Å². The molecule has 35 heavy (non-hydrogen) atoms. The van der Waals surface area contributed by atoms with Crippen LogP contribution in [-0.4, -0.2) is 29.2 Å². The topological polar surface area (TPSA) is 105 Å². The number of benzene rings is 2. The zero-order valence-electron chi connectivity index (χ0n) is 17.9. The van der Waals surface area contributed by atoms with E-state index in [1.165, 1.54) is 30.5 Å². The van der Waals surface area contributed by atoms with Crippen molar-refractivity contribution in [1.82, 2.24) is 15.0 Å². The molecule has 0 bridgehead atoms. The number of anilines is 1. The Kier molecular flexibility index (Phi) is 5.58. The van der Waals surface area contributed by atoms with Gasteiger partial charge in [0.25, 0.3) is 10.0 Å². The van der Waals surface area contributed by atoms with Crippen LogP contribution in [0.1, 0.15) is 15.9 Å². The maximum Gasteiger partial charge on any atom is 0.261 e. The number of halogens is 2. The van der Waals surface area contributed by atoms with Crippen LogP contribution in [0.15, 0.2) is 90.3 Å². The van der Waals surface area contributed by atoms with Gasteiger partial charge in [0, 0.05) is 46.9 Å². The number of carbonyl (C=O) groups excluding carboxylic acids is 1. The van der Waals surface area contributed by atoms with E-state index >= 15 is 4.39 Å². The number of ketones is 1. The average Bonchev–Trinajstić information content (AvgIpc) is 3.30. The maximum absolute atomic E-state index is 15.3. The molecule has 0 atom stereocenters. The number of H-pyrrole nitrogens is 1. The van der Waals surface area contributed by atoms with Crippen molar-refractivity contribution in [3.05, 3.63) is 108 Å². The Hall–Kier alpha value is -4.44. The predicted molar refractivity (Wildman–Crippen MR) is 126 cm³/mol. The van der Waals surface area contributed by atoms with Crippen molar-refractivity contribution in [1.29, 1.82) is 0 Å². The van der Waals surface area contributed by atoms with E-state index in [0.717, 1.165) is 17.7 Å². The molecule has 5 rings (SSSR count). The molecule has 0 amide bonds. The van der Waals surface area contributed by atoms with Gasteiger partial charge in [0.05, 0.1) is 16.1 Å². The van der Waals surface area contributed by atoms with Crippen molar-refractivity contribution in [3.8, 4) is 11.1 Å². The lowest BCUT2D eigenvalue weighted by molar-refractivity contribution is 0.103. The van der Waals surface area contributed by atoms with Gasteiger partial charge < -0.3 is 4.98 Å². The first kappa shape index (κ1) is 22.4. The molecule has 2 aromatic carbocycles. The number of pyridine rings is 2. The summed E-state index contributed by atoms with van der Waals surface area (Å²) in [5, 5.41) is 0.352. The summed E-state index contributed by atoms with van der Waals surface area (Å²) in [5.41, 5.74) is 0.307. The molecule has 0 radical (unpaired) electrons. The molecule has 7 nitrogen and oxygen atoms in total. The highest BCUT2D eigenvalue weighted by atomic mass is 32.2. The smallest absolute Gasteiger partial charge is 0.261 e. The zero-order valence-corrected chi connectivity index (χ0v) is 18.7. The quantitative estimate of drug-likeness (QED) is 0.328. The number of carbonyl (C=O) groups is 1. The van der Waals surface area contributed by atoms with E-state index in [1.807, 2.05) is 6.07 Å². The van der Waals surface area contributed by atoms with Gasteiger partial charge in [0.2, 0.25) is 5.78 Å². The third-order valence-corrected chi connectivity index (χ3v) is 6.77. The number of fused-ring (bicyclic) bond motifs is 1. The van der Waals surface area contributed by atoms with Gasteiger partial charge in [-0.05, 0) is 36.4 Å². The number of nitrogens with zero attached hydrogens (tertiary/aromatic N) is 2. The van der Waals surface area contributed by atoms with Gasteiger partial charge in [0.1, 0.15) is 11.5 Å². The van der Waals surface area contributed by atoms with E-state index in [0.29, 0.717) is 16.6 Å². The van der Waals surface area contributed by atoms with Gasteiger partial charge in [-0.25, -0.2) is 22.2 Å². The summed E-state index contributed by atoms with van der Waals surface area (Å²) in [7, 11) is -4.16. The summed E-state index contributed by atoms with van der Waals surface area (Å²) < 4.78 is 57.4. The van der Waals surface area contributed by atoms with Crippen LogP contribution in [0.2, 0.25) is 0 Å². The number of hydrogen-bond acceptors (Lipinski definition) is 5. The molecule has 5 aromatic rings. The van der Waals surface area contributed by atoms with Crippen LogP contribution in [0.4, 0.5) is 14.5 Å². The summed E-state index contributed by atoms with van der Waals surface area (Å²) in [6.45, 7) is 0. The largest absolute Gasteiger partial charge is 0.345 e. The third kappa shape index (κ3) is 4.15. The van der Waals surface area contributed by atoms with Crippen LogP contribution in [0, 0.1) is 11.6 Å². The number of rotatable bonds is 6. The van der Waals surface area contributed by atoms with Crippen molar-refractivity contribution < 1.29 is 22.0 Å². The molecule has 174 valence electrons. The van der Waals surface area contributed by atoms with Gasteiger partial charge in [-0.3, -0.25) is 14.5 Å². The standard InChI is InChI=1S/C25H16F2N4O3S/c26-20-8-9-21(31-35(33,34)17-6-2-1-3-7-17)23(27)22(20)24(32)19-14-30-25-18(19)11-16(13-29-25)15-5-4-10-28-12-15/h1-14,31H,(H,29,30). The Bertz CT molecular complexity index is 1670. The highest BCUT2D eigenvalue weighted by Gasteiger charge is 2.26. The Balaban J connectivity index is 1.56. The van der Waals surface area contributed by atoms with E-state index in [4.69, 9.17) is 0 Å². The molecule has 0 fully saturated rings. The molecule has 0 spiro atoms. The molecule has 2 N–H and O–H groups in total. The predicted octanol–water partition coefficient (Wildman–Crippen LogP) is 4.93. The first-order valence-corrected chi connectivity index (χ1v) is 11.8. The molecule has 10 heteroatoms. The van der Waals surface area contributed by atoms with Gasteiger partial charge >= 0.3 is 0 Å². The second kappa shape index (κ2) is 8.73. The highest BCUT2D eigenvalue weighted by Crippen LogP contribution is 2.30. The van der Waals surface area contributed by atoms with Crippen LogP contribution in [0.5, 0.6) is 0 Å². The number of sulfonamides is 1. The summed E-state index contributed by atoms with van der Waals surface area (Å²) in [4.78, 5) is 24.3. The van der Waals surface area contributed by atoms with Gasteiger partial charge in [0.15, 0.2) is 5.82 Å². The average molecular weight is 490 g/mol. The zero-order chi connectivity index (χ0) is 24.6. The van der Waals surface area contributed by atoms with Crippen LogP contribution in [-0.2, 0) is 10.0 Å². The number of nitrogens with one attached hydrogen (secondary N) is 2. The van der Waals surface area contributed by atoms with E-state index in [2.05, 4.69) is 19.7 Å². The van der Waals surface area contributed by atoms with E-state index < -0.39 is 38.7 Å². The first-order valence-electron chi connectivity index (χ1n) is 10.3. The molecule has 0 saturated carbocycles. The van der Waals surface area contributed by atoms with Crippen LogP contribution >= 0.6 is 0 Å². The summed E-state index contributed by atoms with van der Waals surface area (Å²) in [6, 6.07) is 14.3. The molecule has 0 saturated heterocycles. The van der Waals surface area contributed by atoms with Crippen LogP contribution in [0.3, 0.4) is 0 Å². The van der Waals surface area contributed by atoms with Crippen molar-refractivity contribution >= 4 is 32.5 Å². The fourth-order valence-corrected chi connectivity index (χ4v) is 4.74. The minimum Gasteiger partial charge on any atom is -0.345 e. The Labute approximate surface area is 198 Å². The Morgan fingerprint density at radius 2 is 1.74 bits per heavy atom. The molecular weight excluding hydrogens is 474 g/mol. The lowest BCUT2D eigenvalue weighted by atomic mass is 10.00. The van der Waals surface area contributed by atoms with E-state index in [-0.39, 0.29) is 10.5 Å². The fourth-order valence-electron chi connectivity index (χ4n) is 3.66. The van der Waals surface area contributed by atoms with Crippen molar-refractivity contribution in [2.75, 3.05) is 4.72 Å². The second-order valence-electron chi connectivity index (χ2n) is 7.60. The monoisotopic (exact) mass is 490 g/mol. The van der Waals surface area contributed by atoms with E-state index in [9.17, 15) is 17.6 Å². The van der Waals surface area contributed by atoms with Gasteiger partial charge in [-0.2, -0.15) is 0 Å². The molecular formula is C25H16F2N4O3S. The minimum atomic E-state index is -4.16. The number of aromatic amines is 1. The molecule has 0 unspecified atom stereocenters. The summed E-state index contributed by atoms with van der Waals surface area (Å²) in [6.07, 6.45) is 6.14. The normalized spacial score (nSPS) is 11.5. The van der Waals surface area contributed by atoms with E-state index in [1.54, 1.807) is 36.8 Å². The van der Waals surface area contributed by atoms with Gasteiger partial charge in [-0.15, -0.1) is 0 Å². The first-order chi connectivity index (χ1) is 16.8. The summed E-state index contributed by atoms with van der Waals surface area (Å²) >= 11 is 0. The van der Waals surface area contributed by atoms with Crippen LogP contribution in [0.25, 0.3) is 22.2 Å². The Morgan fingerprint density at radius 1 is 0.943 bits per heavy atom. The third-order valence-electron chi connectivity index (χ3n) is 5.39.